The third kappa shape index (κ3) is 3.65. The average molecular weight is 344 g/mol. The minimum atomic E-state index is -0.509. The fourth-order valence-electron chi connectivity index (χ4n) is 2.38. The number of aryl methyl sites for hydroxylation is 1. The maximum absolute atomic E-state index is 12.9. The van der Waals surface area contributed by atoms with E-state index in [1.807, 2.05) is 0 Å². The van der Waals surface area contributed by atoms with Crippen LogP contribution in [-0.4, -0.2) is 44.4 Å². The van der Waals surface area contributed by atoms with Crippen LogP contribution in [0.15, 0.2) is 30.5 Å². The number of benzene rings is 1. The summed E-state index contributed by atoms with van der Waals surface area (Å²) in [6, 6.07) is 5.89. The molecular formula is C16H17FN6O2. The molecule has 130 valence electrons. The monoisotopic (exact) mass is 344 g/mol. The van der Waals surface area contributed by atoms with Crippen LogP contribution in [0.4, 0.5) is 4.39 Å². The quantitative estimate of drug-likeness (QED) is 0.642. The van der Waals surface area contributed by atoms with Crippen LogP contribution in [0.25, 0.3) is 11.0 Å². The van der Waals surface area contributed by atoms with Crippen molar-refractivity contribution in [2.45, 2.75) is 13.0 Å². The van der Waals surface area contributed by atoms with Gasteiger partial charge in [0, 0.05) is 37.5 Å². The highest BCUT2D eigenvalue weighted by Crippen LogP contribution is 2.12. The Kier molecular flexibility index (Phi) is 4.46. The summed E-state index contributed by atoms with van der Waals surface area (Å²) in [5.41, 5.74) is 2.04. The molecule has 2 amide bonds. The molecule has 3 N–H and O–H groups in total. The van der Waals surface area contributed by atoms with E-state index < -0.39 is 11.7 Å². The van der Waals surface area contributed by atoms with Crippen molar-refractivity contribution in [1.29, 1.82) is 0 Å². The summed E-state index contributed by atoms with van der Waals surface area (Å²) in [6.45, 7) is 1.97. The Morgan fingerprint density at radius 1 is 1.32 bits per heavy atom. The van der Waals surface area contributed by atoms with E-state index >= 15 is 0 Å². The van der Waals surface area contributed by atoms with E-state index in [4.69, 9.17) is 0 Å². The van der Waals surface area contributed by atoms with Gasteiger partial charge >= 0.3 is 0 Å². The number of halogens is 1. The van der Waals surface area contributed by atoms with Gasteiger partial charge in [-0.2, -0.15) is 0 Å². The molecule has 0 bridgehead atoms. The highest BCUT2D eigenvalue weighted by molar-refractivity contribution is 5.97. The van der Waals surface area contributed by atoms with Gasteiger partial charge in [-0.15, -0.1) is 5.10 Å². The molecule has 9 heteroatoms. The van der Waals surface area contributed by atoms with Gasteiger partial charge in [0.1, 0.15) is 17.0 Å². The molecule has 0 saturated heterocycles. The Bertz CT molecular complexity index is 932. The van der Waals surface area contributed by atoms with E-state index in [0.29, 0.717) is 11.1 Å². The van der Waals surface area contributed by atoms with Crippen molar-refractivity contribution in [3.63, 3.8) is 0 Å². The summed E-state index contributed by atoms with van der Waals surface area (Å²) in [6.07, 6.45) is 1.10. The minimum Gasteiger partial charge on any atom is -0.355 e. The molecule has 8 nitrogen and oxygen atoms in total. The molecule has 0 saturated carbocycles. The molecule has 0 aliphatic carbocycles. The maximum atomic E-state index is 12.9. The van der Waals surface area contributed by atoms with Gasteiger partial charge in [-0.05, 0) is 25.1 Å². The van der Waals surface area contributed by atoms with Gasteiger partial charge < -0.3 is 15.6 Å². The highest BCUT2D eigenvalue weighted by atomic mass is 19.1. The second kappa shape index (κ2) is 6.71. The third-order valence-corrected chi connectivity index (χ3v) is 3.71. The van der Waals surface area contributed by atoms with E-state index in [9.17, 15) is 14.0 Å². The Labute approximate surface area is 142 Å². The number of nitrogens with zero attached hydrogens (tertiary/aromatic N) is 3. The molecule has 0 aliphatic rings. The predicted octanol–water partition coefficient (Wildman–Crippen LogP) is 0.984. The zero-order valence-electron chi connectivity index (χ0n) is 13.7. The van der Waals surface area contributed by atoms with Gasteiger partial charge in [-0.3, -0.25) is 9.59 Å². The summed E-state index contributed by atoms with van der Waals surface area (Å²) in [4.78, 5) is 26.6. The Hall–Kier alpha value is -3.23. The van der Waals surface area contributed by atoms with Gasteiger partial charge in [0.05, 0.1) is 5.52 Å². The van der Waals surface area contributed by atoms with Crippen LogP contribution >= 0.6 is 0 Å². The number of hydrogen-bond donors (Lipinski definition) is 3. The van der Waals surface area contributed by atoms with Gasteiger partial charge in [0.25, 0.3) is 11.8 Å². The smallest absolute Gasteiger partial charge is 0.268 e. The fraction of sp³-hybridized carbons (Fsp3) is 0.250. The maximum Gasteiger partial charge on any atom is 0.268 e. The Balaban J connectivity index is 1.56. The number of rotatable bonds is 5. The van der Waals surface area contributed by atoms with Crippen molar-refractivity contribution in [3.05, 3.63) is 47.5 Å². The topological polar surface area (TPSA) is 105 Å². The molecule has 2 heterocycles. The van der Waals surface area contributed by atoms with Gasteiger partial charge in [-0.25, -0.2) is 9.07 Å². The first-order valence-electron chi connectivity index (χ1n) is 7.66. The molecule has 0 spiro atoms. The van der Waals surface area contributed by atoms with E-state index in [1.54, 1.807) is 36.9 Å². The van der Waals surface area contributed by atoms with Crippen LogP contribution in [0.5, 0.6) is 0 Å². The largest absolute Gasteiger partial charge is 0.355 e. The summed E-state index contributed by atoms with van der Waals surface area (Å²) < 4.78 is 14.5. The number of amides is 2. The first-order chi connectivity index (χ1) is 11.9. The number of aromatic nitrogens is 4. The molecule has 2 aromatic heterocycles. The van der Waals surface area contributed by atoms with Gasteiger partial charge in [0.15, 0.2) is 0 Å². The van der Waals surface area contributed by atoms with Crippen molar-refractivity contribution in [1.82, 2.24) is 30.6 Å². The minimum absolute atomic E-state index is 0.129. The number of nitrogens with one attached hydrogen (secondary N) is 3. The van der Waals surface area contributed by atoms with Crippen LogP contribution in [0.2, 0.25) is 0 Å². The molecule has 0 radical (unpaired) electrons. The number of fused-ring (bicyclic) bond motifs is 1. The van der Waals surface area contributed by atoms with Crippen molar-refractivity contribution in [3.8, 4) is 0 Å². The first kappa shape index (κ1) is 16.6. The number of aromatic amines is 1. The van der Waals surface area contributed by atoms with Crippen LogP contribution in [0, 0.1) is 5.82 Å². The lowest BCUT2D eigenvalue weighted by Crippen LogP contribution is -2.41. The van der Waals surface area contributed by atoms with E-state index in [2.05, 4.69) is 25.9 Å². The second-order valence-corrected chi connectivity index (χ2v) is 5.73. The molecule has 3 aromatic rings. The highest BCUT2D eigenvalue weighted by Gasteiger charge is 2.14. The van der Waals surface area contributed by atoms with Crippen molar-refractivity contribution in [2.24, 2.45) is 7.05 Å². The summed E-state index contributed by atoms with van der Waals surface area (Å²) in [5, 5.41) is 13.3. The normalized spacial score (nSPS) is 12.1. The summed E-state index contributed by atoms with van der Waals surface area (Å²) >= 11 is 0. The van der Waals surface area contributed by atoms with E-state index in [-0.39, 0.29) is 24.2 Å². The lowest BCUT2D eigenvalue weighted by molar-refractivity contribution is 0.0909. The number of carbonyl (C=O) groups is 2. The van der Waals surface area contributed by atoms with E-state index in [1.165, 1.54) is 0 Å². The molecule has 0 aliphatic heterocycles. The van der Waals surface area contributed by atoms with Gasteiger partial charge in [0.2, 0.25) is 0 Å². The predicted molar refractivity (Wildman–Crippen MR) is 88.5 cm³/mol. The van der Waals surface area contributed by atoms with Crippen molar-refractivity contribution in [2.75, 3.05) is 6.54 Å². The average Bonchev–Trinajstić information content (AvgIpc) is 3.18. The molecule has 0 fully saturated rings. The number of carbonyl (C=O) groups excluding carboxylic acids is 2. The molecule has 1 unspecified atom stereocenters. The number of hydrogen-bond acceptors (Lipinski definition) is 4. The summed E-state index contributed by atoms with van der Waals surface area (Å²) in [7, 11) is 1.77. The SMILES string of the molecule is CC(CNC(=O)c1ccc2c(c1)nnn2C)NC(=O)c1cc(F)c[nH]1. The third-order valence-electron chi connectivity index (χ3n) is 3.71. The Morgan fingerprint density at radius 2 is 2.12 bits per heavy atom. The number of H-pyrrole nitrogens is 1. The van der Waals surface area contributed by atoms with Crippen molar-refractivity contribution >= 4 is 22.8 Å². The van der Waals surface area contributed by atoms with Crippen LogP contribution in [-0.2, 0) is 7.05 Å². The molecular weight excluding hydrogens is 327 g/mol. The second-order valence-electron chi connectivity index (χ2n) is 5.73. The zero-order chi connectivity index (χ0) is 18.0. The standard InChI is InChI=1S/C16H17FN6O2/c1-9(20-16(25)13-6-11(17)8-18-13)7-19-15(24)10-3-4-14-12(5-10)21-22-23(14)2/h3-6,8-9,18H,7H2,1-2H3,(H,19,24)(H,20,25). The lowest BCUT2D eigenvalue weighted by atomic mass is 10.2. The van der Waals surface area contributed by atoms with Crippen LogP contribution in [0.3, 0.4) is 0 Å². The fourth-order valence-corrected chi connectivity index (χ4v) is 2.38. The van der Waals surface area contributed by atoms with Crippen LogP contribution < -0.4 is 10.6 Å². The Morgan fingerprint density at radius 3 is 2.84 bits per heavy atom. The van der Waals surface area contributed by atoms with Gasteiger partial charge in [-0.1, -0.05) is 5.21 Å². The van der Waals surface area contributed by atoms with Crippen molar-refractivity contribution < 1.29 is 14.0 Å². The lowest BCUT2D eigenvalue weighted by Gasteiger charge is -2.14. The first-order valence-corrected chi connectivity index (χ1v) is 7.66. The molecule has 1 atom stereocenters. The zero-order valence-corrected chi connectivity index (χ0v) is 13.7. The molecule has 3 rings (SSSR count). The van der Waals surface area contributed by atoms with Crippen LogP contribution in [0.1, 0.15) is 27.8 Å². The van der Waals surface area contributed by atoms with E-state index in [0.717, 1.165) is 17.8 Å². The summed E-state index contributed by atoms with van der Waals surface area (Å²) in [5.74, 6) is -1.23. The molecule has 25 heavy (non-hydrogen) atoms. The molecule has 1 aromatic carbocycles.